The number of nitrogens with zero attached hydrogens (tertiary/aromatic N) is 2. The second-order valence-corrected chi connectivity index (χ2v) is 6.16. The predicted molar refractivity (Wildman–Crippen MR) is 78.0 cm³/mol. The van der Waals surface area contributed by atoms with Crippen molar-refractivity contribution in [1.82, 2.24) is 15.1 Å². The van der Waals surface area contributed by atoms with Crippen LogP contribution >= 0.6 is 0 Å². The number of unbranched alkanes of at least 4 members (excludes halogenated alkanes) is 3. The van der Waals surface area contributed by atoms with Crippen molar-refractivity contribution in [3.05, 3.63) is 0 Å². The van der Waals surface area contributed by atoms with Gasteiger partial charge in [-0.05, 0) is 65.8 Å². The molecule has 0 aromatic heterocycles. The van der Waals surface area contributed by atoms with Crippen molar-refractivity contribution in [2.45, 2.75) is 57.0 Å². The van der Waals surface area contributed by atoms with Gasteiger partial charge in [0.25, 0.3) is 0 Å². The van der Waals surface area contributed by atoms with E-state index in [0.29, 0.717) is 0 Å². The second kappa shape index (κ2) is 7.46. The van der Waals surface area contributed by atoms with Gasteiger partial charge in [-0.3, -0.25) is 4.90 Å². The largest absolute Gasteiger partial charge is 0.320 e. The van der Waals surface area contributed by atoms with E-state index in [9.17, 15) is 0 Å². The van der Waals surface area contributed by atoms with Crippen LogP contribution < -0.4 is 5.32 Å². The van der Waals surface area contributed by atoms with E-state index in [1.807, 2.05) is 7.05 Å². The molecule has 0 radical (unpaired) electrons. The van der Waals surface area contributed by atoms with Crippen LogP contribution in [0.2, 0.25) is 0 Å². The molecule has 0 aromatic rings. The first kappa shape index (κ1) is 14.3. The lowest BCUT2D eigenvalue weighted by Crippen LogP contribution is -2.37. The zero-order chi connectivity index (χ0) is 12.8. The molecular weight excluding hydrogens is 222 g/mol. The van der Waals surface area contributed by atoms with Crippen molar-refractivity contribution in [3.63, 3.8) is 0 Å². The fraction of sp³-hybridized carbons (Fsp3) is 1.00. The van der Waals surface area contributed by atoms with E-state index in [1.165, 1.54) is 71.1 Å². The molecule has 0 aliphatic carbocycles. The average Bonchev–Trinajstić information content (AvgIpc) is 2.61. The molecule has 106 valence electrons. The van der Waals surface area contributed by atoms with E-state index in [2.05, 4.69) is 22.2 Å². The number of likely N-dealkylation sites (tertiary alicyclic amines) is 1. The quantitative estimate of drug-likeness (QED) is 0.700. The molecule has 2 rings (SSSR count). The summed E-state index contributed by atoms with van der Waals surface area (Å²) < 4.78 is 0. The summed E-state index contributed by atoms with van der Waals surface area (Å²) in [4.78, 5) is 5.37. The van der Waals surface area contributed by atoms with Gasteiger partial charge in [0.05, 0.1) is 0 Å². The Bertz CT molecular complexity index is 232. The van der Waals surface area contributed by atoms with Gasteiger partial charge in [0.1, 0.15) is 0 Å². The van der Waals surface area contributed by atoms with E-state index in [1.54, 1.807) is 0 Å². The Balaban J connectivity index is 1.59. The molecule has 2 unspecified atom stereocenters. The third-order valence-corrected chi connectivity index (χ3v) is 4.88. The summed E-state index contributed by atoms with van der Waals surface area (Å²) in [5.41, 5.74) is 0. The highest BCUT2D eigenvalue weighted by Gasteiger charge is 2.34. The second-order valence-electron chi connectivity index (χ2n) is 6.16. The number of hydrogen-bond acceptors (Lipinski definition) is 3. The fourth-order valence-electron chi connectivity index (χ4n) is 3.57. The Morgan fingerprint density at radius 3 is 2.61 bits per heavy atom. The Hall–Kier alpha value is -0.120. The number of rotatable bonds is 7. The van der Waals surface area contributed by atoms with Crippen LogP contribution in [-0.2, 0) is 0 Å². The third kappa shape index (κ3) is 3.94. The SMILES string of the molecule is CNCCCCCCN1CCC2CCC(C1)N2C. The van der Waals surface area contributed by atoms with E-state index in [4.69, 9.17) is 0 Å². The van der Waals surface area contributed by atoms with E-state index in [-0.39, 0.29) is 0 Å². The summed E-state index contributed by atoms with van der Waals surface area (Å²) in [6.45, 7) is 5.17. The molecule has 2 atom stereocenters. The summed E-state index contributed by atoms with van der Waals surface area (Å²) in [5, 5.41) is 3.22. The van der Waals surface area contributed by atoms with Crippen LogP contribution in [0.4, 0.5) is 0 Å². The van der Waals surface area contributed by atoms with Crippen molar-refractivity contribution in [2.75, 3.05) is 40.3 Å². The van der Waals surface area contributed by atoms with Crippen LogP contribution in [0.5, 0.6) is 0 Å². The molecule has 3 heteroatoms. The smallest absolute Gasteiger partial charge is 0.0223 e. The molecule has 2 saturated heterocycles. The van der Waals surface area contributed by atoms with Crippen molar-refractivity contribution in [1.29, 1.82) is 0 Å². The summed E-state index contributed by atoms with van der Waals surface area (Å²) in [5.74, 6) is 0. The highest BCUT2D eigenvalue weighted by Crippen LogP contribution is 2.28. The highest BCUT2D eigenvalue weighted by atomic mass is 15.3. The van der Waals surface area contributed by atoms with Gasteiger partial charge in [0.2, 0.25) is 0 Å². The van der Waals surface area contributed by atoms with Crippen LogP contribution in [0.15, 0.2) is 0 Å². The Morgan fingerprint density at radius 1 is 1.00 bits per heavy atom. The Kier molecular flexibility index (Phi) is 5.93. The zero-order valence-corrected chi connectivity index (χ0v) is 12.3. The Labute approximate surface area is 113 Å². The molecule has 0 aromatic carbocycles. The van der Waals surface area contributed by atoms with Gasteiger partial charge in [-0.1, -0.05) is 12.8 Å². The lowest BCUT2D eigenvalue weighted by molar-refractivity contribution is 0.216. The molecule has 2 aliphatic rings. The van der Waals surface area contributed by atoms with Crippen molar-refractivity contribution < 1.29 is 0 Å². The molecule has 3 nitrogen and oxygen atoms in total. The third-order valence-electron chi connectivity index (χ3n) is 4.88. The number of fused-ring (bicyclic) bond motifs is 2. The van der Waals surface area contributed by atoms with Gasteiger partial charge in [0, 0.05) is 18.6 Å². The molecule has 2 bridgehead atoms. The molecular formula is C15H31N3. The van der Waals surface area contributed by atoms with Gasteiger partial charge in [-0.15, -0.1) is 0 Å². The number of likely N-dealkylation sites (N-methyl/N-ethyl adjacent to an activating group) is 1. The standard InChI is InChI=1S/C15H31N3/c1-16-10-5-3-4-6-11-18-12-9-14-7-8-15(13-18)17(14)2/h14-16H,3-13H2,1-2H3. The van der Waals surface area contributed by atoms with Crippen molar-refractivity contribution in [3.8, 4) is 0 Å². The van der Waals surface area contributed by atoms with Crippen LogP contribution in [0.1, 0.15) is 44.9 Å². The molecule has 0 saturated carbocycles. The zero-order valence-electron chi connectivity index (χ0n) is 12.3. The molecule has 1 N–H and O–H groups in total. The predicted octanol–water partition coefficient (Wildman–Crippen LogP) is 1.93. The van der Waals surface area contributed by atoms with Crippen LogP contribution in [0, 0.1) is 0 Å². The summed E-state index contributed by atoms with van der Waals surface area (Å²) >= 11 is 0. The summed E-state index contributed by atoms with van der Waals surface area (Å²) in [6.07, 6.45) is 9.79. The lowest BCUT2D eigenvalue weighted by Gasteiger charge is -2.25. The van der Waals surface area contributed by atoms with E-state index >= 15 is 0 Å². The Morgan fingerprint density at radius 2 is 1.78 bits per heavy atom. The maximum atomic E-state index is 3.22. The van der Waals surface area contributed by atoms with Crippen molar-refractivity contribution >= 4 is 0 Å². The van der Waals surface area contributed by atoms with Gasteiger partial charge < -0.3 is 10.2 Å². The molecule has 0 amide bonds. The molecule has 2 heterocycles. The lowest BCUT2D eigenvalue weighted by atomic mass is 10.1. The normalized spacial score (nSPS) is 29.7. The van der Waals surface area contributed by atoms with Crippen LogP contribution in [0.25, 0.3) is 0 Å². The van der Waals surface area contributed by atoms with Crippen molar-refractivity contribution in [2.24, 2.45) is 0 Å². The monoisotopic (exact) mass is 253 g/mol. The molecule has 2 aliphatic heterocycles. The fourth-order valence-corrected chi connectivity index (χ4v) is 3.57. The van der Waals surface area contributed by atoms with Gasteiger partial charge in [-0.25, -0.2) is 0 Å². The minimum absolute atomic E-state index is 0.849. The first-order valence-electron chi connectivity index (χ1n) is 7.90. The highest BCUT2D eigenvalue weighted by molar-refractivity contribution is 4.90. The average molecular weight is 253 g/mol. The van der Waals surface area contributed by atoms with E-state index < -0.39 is 0 Å². The van der Waals surface area contributed by atoms with Crippen LogP contribution in [-0.4, -0.2) is 62.2 Å². The van der Waals surface area contributed by atoms with Gasteiger partial charge in [0.15, 0.2) is 0 Å². The van der Waals surface area contributed by atoms with E-state index in [0.717, 1.165) is 12.1 Å². The maximum absolute atomic E-state index is 3.22. The minimum Gasteiger partial charge on any atom is -0.320 e. The van der Waals surface area contributed by atoms with Crippen LogP contribution in [0.3, 0.4) is 0 Å². The first-order valence-corrected chi connectivity index (χ1v) is 7.90. The molecule has 0 spiro atoms. The number of nitrogens with one attached hydrogen (secondary N) is 1. The number of hydrogen-bond donors (Lipinski definition) is 1. The maximum Gasteiger partial charge on any atom is 0.0223 e. The summed E-state index contributed by atoms with van der Waals surface area (Å²) in [6, 6.07) is 1.73. The topological polar surface area (TPSA) is 18.5 Å². The van der Waals surface area contributed by atoms with Gasteiger partial charge in [-0.2, -0.15) is 0 Å². The minimum atomic E-state index is 0.849. The first-order chi connectivity index (χ1) is 8.81. The molecule has 2 fully saturated rings. The summed E-state index contributed by atoms with van der Waals surface area (Å²) in [7, 11) is 4.38. The molecule has 18 heavy (non-hydrogen) atoms. The van der Waals surface area contributed by atoms with Gasteiger partial charge >= 0.3 is 0 Å².